The number of allylic oxidation sites excluding steroid dienone is 1. The van der Waals surface area contributed by atoms with E-state index in [1.54, 1.807) is 11.3 Å². The van der Waals surface area contributed by atoms with Crippen molar-refractivity contribution in [2.75, 3.05) is 6.54 Å². The van der Waals surface area contributed by atoms with Crippen LogP contribution in [0.2, 0.25) is 0 Å². The van der Waals surface area contributed by atoms with Gasteiger partial charge < -0.3 is 5.32 Å². The second kappa shape index (κ2) is 10.6. The van der Waals surface area contributed by atoms with Gasteiger partial charge in [-0.2, -0.15) is 0 Å². The highest BCUT2D eigenvalue weighted by Gasteiger charge is 2.20. The van der Waals surface area contributed by atoms with Gasteiger partial charge in [0.2, 0.25) is 5.91 Å². The first-order chi connectivity index (χ1) is 15.1. The standard InChI is InChI=1S/C25H32N2O3S2/c1-17-10-11-19(31-17)14-20-24(30)27(23(32-20)15-21(28)25(2,3)4)16-22(29)26-13-12-18-8-6-5-7-9-18/h8,10-11,14-15H,5-7,9,12-13,16H2,1-4H3,(H,26,29). The number of carbonyl (C=O) groups is 2. The fraction of sp³-hybridized carbons (Fsp3) is 0.480. The topological polar surface area (TPSA) is 68.2 Å². The van der Waals surface area contributed by atoms with Crippen molar-refractivity contribution < 1.29 is 9.59 Å². The number of aryl methyl sites for hydroxylation is 1. The molecule has 1 amide bonds. The maximum absolute atomic E-state index is 13.1. The lowest BCUT2D eigenvalue weighted by atomic mass is 9.91. The van der Waals surface area contributed by atoms with Crippen LogP contribution in [0.5, 0.6) is 0 Å². The number of hydrogen-bond donors (Lipinski definition) is 1. The highest BCUT2D eigenvalue weighted by Crippen LogP contribution is 2.19. The van der Waals surface area contributed by atoms with Crippen LogP contribution >= 0.6 is 22.7 Å². The molecule has 0 aliphatic heterocycles. The Kier molecular flexibility index (Phi) is 8.06. The van der Waals surface area contributed by atoms with Crippen LogP contribution < -0.4 is 20.1 Å². The molecule has 0 aromatic carbocycles. The van der Waals surface area contributed by atoms with Crippen molar-refractivity contribution in [3.05, 3.63) is 53.1 Å². The van der Waals surface area contributed by atoms with Crippen LogP contribution in [0.3, 0.4) is 0 Å². The van der Waals surface area contributed by atoms with E-state index in [0.717, 1.165) is 29.0 Å². The number of hydrogen-bond acceptors (Lipinski definition) is 5. The molecule has 1 N–H and O–H groups in total. The highest BCUT2D eigenvalue weighted by atomic mass is 32.1. The SMILES string of the molecule is Cc1ccc(C=c2sc(=CC(=O)C(C)(C)C)n(CC(=O)NCCC3=CCCCC3)c2=O)s1. The van der Waals surface area contributed by atoms with E-state index in [2.05, 4.69) is 11.4 Å². The Bertz CT molecular complexity index is 1190. The third kappa shape index (κ3) is 6.62. The summed E-state index contributed by atoms with van der Waals surface area (Å²) in [4.78, 5) is 40.5. The summed E-state index contributed by atoms with van der Waals surface area (Å²) >= 11 is 2.86. The molecule has 2 aromatic heterocycles. The van der Waals surface area contributed by atoms with Gasteiger partial charge in [-0.1, -0.05) is 32.4 Å². The van der Waals surface area contributed by atoms with E-state index in [1.165, 1.54) is 40.4 Å². The van der Waals surface area contributed by atoms with Gasteiger partial charge in [0.05, 0.1) is 4.53 Å². The molecule has 1 aliphatic rings. The third-order valence-corrected chi connectivity index (χ3v) is 7.43. The number of rotatable bonds is 7. The summed E-state index contributed by atoms with van der Waals surface area (Å²) < 4.78 is 2.47. The molecule has 0 spiro atoms. The van der Waals surface area contributed by atoms with Gasteiger partial charge >= 0.3 is 0 Å². The van der Waals surface area contributed by atoms with Gasteiger partial charge in [-0.25, -0.2) is 0 Å². The molecule has 0 atom stereocenters. The largest absolute Gasteiger partial charge is 0.354 e. The Morgan fingerprint density at radius 1 is 1.19 bits per heavy atom. The molecule has 0 fully saturated rings. The number of amides is 1. The molecule has 2 heterocycles. The second-order valence-corrected chi connectivity index (χ2v) is 11.6. The summed E-state index contributed by atoms with van der Waals surface area (Å²) in [5.74, 6) is -0.284. The summed E-state index contributed by atoms with van der Waals surface area (Å²) in [6.45, 7) is 8.03. The first-order valence-electron chi connectivity index (χ1n) is 11.1. The van der Waals surface area contributed by atoms with Crippen molar-refractivity contribution in [3.63, 3.8) is 0 Å². The van der Waals surface area contributed by atoms with Crippen LogP contribution in [0.25, 0.3) is 12.2 Å². The monoisotopic (exact) mass is 472 g/mol. The molecule has 2 aromatic rings. The maximum Gasteiger partial charge on any atom is 0.269 e. The van der Waals surface area contributed by atoms with E-state index in [4.69, 9.17) is 0 Å². The van der Waals surface area contributed by atoms with Gasteiger partial charge in [0.15, 0.2) is 5.78 Å². The molecule has 7 heteroatoms. The zero-order chi connectivity index (χ0) is 23.3. The lowest BCUT2D eigenvalue weighted by molar-refractivity contribution is -0.122. The fourth-order valence-electron chi connectivity index (χ4n) is 3.48. The van der Waals surface area contributed by atoms with E-state index in [9.17, 15) is 14.4 Å². The van der Waals surface area contributed by atoms with Crippen LogP contribution in [-0.4, -0.2) is 22.8 Å². The average molecular weight is 473 g/mol. The molecular weight excluding hydrogens is 440 g/mol. The number of thiophene rings is 1. The van der Waals surface area contributed by atoms with Gasteiger partial charge in [0.25, 0.3) is 5.56 Å². The average Bonchev–Trinajstić information content (AvgIpc) is 3.26. The molecule has 3 rings (SSSR count). The number of ketones is 1. The Balaban J connectivity index is 1.85. The van der Waals surface area contributed by atoms with Crippen molar-refractivity contribution in [3.8, 4) is 0 Å². The van der Waals surface area contributed by atoms with Gasteiger partial charge in [-0.15, -0.1) is 22.7 Å². The number of nitrogens with one attached hydrogen (secondary N) is 1. The minimum Gasteiger partial charge on any atom is -0.354 e. The summed E-state index contributed by atoms with van der Waals surface area (Å²) in [5.41, 5.74) is 0.603. The zero-order valence-electron chi connectivity index (χ0n) is 19.3. The number of nitrogens with zero attached hydrogens (tertiary/aromatic N) is 1. The Labute approximate surface area is 197 Å². The number of thiazole rings is 1. The summed E-state index contributed by atoms with van der Waals surface area (Å²) in [6.07, 6.45) is 11.2. The van der Waals surface area contributed by atoms with Crippen molar-refractivity contribution in [2.45, 2.75) is 66.3 Å². The van der Waals surface area contributed by atoms with Gasteiger partial charge in [0.1, 0.15) is 11.2 Å². The van der Waals surface area contributed by atoms with Crippen molar-refractivity contribution in [1.29, 1.82) is 0 Å². The Morgan fingerprint density at radius 3 is 2.59 bits per heavy atom. The molecule has 1 aliphatic carbocycles. The molecule has 0 saturated carbocycles. The van der Waals surface area contributed by atoms with Crippen LogP contribution in [-0.2, 0) is 16.1 Å². The minimum absolute atomic E-state index is 0.0735. The number of aromatic nitrogens is 1. The quantitative estimate of drug-likeness (QED) is 0.627. The first-order valence-corrected chi connectivity index (χ1v) is 12.8. The lowest BCUT2D eigenvalue weighted by Crippen LogP contribution is -2.39. The summed E-state index contributed by atoms with van der Waals surface area (Å²) in [7, 11) is 0. The van der Waals surface area contributed by atoms with Crippen LogP contribution in [0.15, 0.2) is 28.6 Å². The van der Waals surface area contributed by atoms with Crippen molar-refractivity contribution in [1.82, 2.24) is 9.88 Å². The van der Waals surface area contributed by atoms with E-state index >= 15 is 0 Å². The van der Waals surface area contributed by atoms with E-state index in [-0.39, 0.29) is 23.8 Å². The van der Waals surface area contributed by atoms with E-state index in [0.29, 0.717) is 15.7 Å². The van der Waals surface area contributed by atoms with Crippen molar-refractivity contribution >= 4 is 46.5 Å². The molecule has 32 heavy (non-hydrogen) atoms. The molecule has 172 valence electrons. The van der Waals surface area contributed by atoms with Crippen molar-refractivity contribution in [2.24, 2.45) is 5.41 Å². The first kappa shape index (κ1) is 24.4. The molecule has 0 radical (unpaired) electrons. The molecule has 0 unspecified atom stereocenters. The van der Waals surface area contributed by atoms with Crippen LogP contribution in [0, 0.1) is 12.3 Å². The minimum atomic E-state index is -0.560. The fourth-order valence-corrected chi connectivity index (χ4v) is 5.40. The Morgan fingerprint density at radius 2 is 1.97 bits per heavy atom. The van der Waals surface area contributed by atoms with E-state index in [1.807, 2.05) is 45.9 Å². The number of Topliss-reactive ketones (excluding diaryl/α,β-unsaturated/α-hetero) is 1. The highest BCUT2D eigenvalue weighted by molar-refractivity contribution is 7.13. The zero-order valence-corrected chi connectivity index (χ0v) is 21.0. The predicted octanol–water partition coefficient (Wildman–Crippen LogP) is 3.51. The molecule has 5 nitrogen and oxygen atoms in total. The summed E-state index contributed by atoms with van der Waals surface area (Å²) in [6, 6.07) is 3.98. The van der Waals surface area contributed by atoms with Gasteiger partial charge in [-0.05, 0) is 57.2 Å². The lowest BCUT2D eigenvalue weighted by Gasteiger charge is -2.13. The van der Waals surface area contributed by atoms with E-state index < -0.39 is 5.41 Å². The predicted molar refractivity (Wildman–Crippen MR) is 134 cm³/mol. The number of carbonyl (C=O) groups excluding carboxylic acids is 2. The Hall–Kier alpha value is -2.25. The normalized spacial score (nSPS) is 15.7. The molecular formula is C25H32N2O3S2. The third-order valence-electron chi connectivity index (χ3n) is 5.42. The second-order valence-electron chi connectivity index (χ2n) is 9.26. The maximum atomic E-state index is 13.1. The van der Waals surface area contributed by atoms with Gasteiger partial charge in [-0.3, -0.25) is 19.0 Å². The smallest absolute Gasteiger partial charge is 0.269 e. The van der Waals surface area contributed by atoms with Gasteiger partial charge in [0, 0.05) is 27.8 Å². The van der Waals surface area contributed by atoms with Crippen LogP contribution in [0.1, 0.15) is 62.6 Å². The molecule has 0 bridgehead atoms. The molecule has 0 saturated heterocycles. The van der Waals surface area contributed by atoms with Crippen LogP contribution in [0.4, 0.5) is 0 Å². The summed E-state index contributed by atoms with van der Waals surface area (Å²) in [5, 5.41) is 2.94.